The van der Waals surface area contributed by atoms with Gasteiger partial charge in [-0.25, -0.2) is 4.98 Å². The molecule has 1 aromatic carbocycles. The molecule has 0 radical (unpaired) electrons. The maximum Gasteiger partial charge on any atom is 0.220 e. The Morgan fingerprint density at radius 2 is 2.22 bits per heavy atom. The maximum absolute atomic E-state index is 11.5. The first-order valence-corrected chi connectivity index (χ1v) is 6.06. The molecule has 4 nitrogen and oxygen atoms in total. The van der Waals surface area contributed by atoms with Gasteiger partial charge in [0.05, 0.1) is 17.6 Å². The SMILES string of the molecule is C=C(Cl)CNC(=O)CCc1nc2ccccc2[nH]1. The summed E-state index contributed by atoms with van der Waals surface area (Å²) in [5.41, 5.74) is 1.91. The molecule has 2 aromatic rings. The topological polar surface area (TPSA) is 57.8 Å². The van der Waals surface area contributed by atoms with Gasteiger partial charge in [-0.3, -0.25) is 4.79 Å². The van der Waals surface area contributed by atoms with Crippen LogP contribution in [-0.2, 0) is 11.2 Å². The van der Waals surface area contributed by atoms with Gasteiger partial charge in [0.1, 0.15) is 5.82 Å². The van der Waals surface area contributed by atoms with Crippen LogP contribution in [0.15, 0.2) is 35.9 Å². The number of hydrogen-bond donors (Lipinski definition) is 2. The first kappa shape index (κ1) is 12.6. The summed E-state index contributed by atoms with van der Waals surface area (Å²) in [6.45, 7) is 3.81. The summed E-state index contributed by atoms with van der Waals surface area (Å²) in [6.07, 6.45) is 0.958. The molecule has 0 aliphatic carbocycles. The lowest BCUT2D eigenvalue weighted by Gasteiger charge is -2.02. The van der Waals surface area contributed by atoms with Crippen molar-refractivity contribution in [2.75, 3.05) is 6.54 Å². The lowest BCUT2D eigenvalue weighted by atomic mass is 10.3. The normalized spacial score (nSPS) is 10.5. The molecular formula is C13H14ClN3O. The van der Waals surface area contributed by atoms with Gasteiger partial charge in [-0.2, -0.15) is 0 Å². The van der Waals surface area contributed by atoms with Gasteiger partial charge >= 0.3 is 0 Å². The standard InChI is InChI=1S/C13H14ClN3O/c1-9(14)8-15-13(18)7-6-12-16-10-4-2-3-5-11(10)17-12/h2-5H,1,6-8H2,(H,15,18)(H,16,17). The van der Waals surface area contributed by atoms with E-state index in [9.17, 15) is 4.79 Å². The van der Waals surface area contributed by atoms with Crippen LogP contribution in [0.3, 0.4) is 0 Å². The lowest BCUT2D eigenvalue weighted by Crippen LogP contribution is -2.24. The van der Waals surface area contributed by atoms with E-state index in [1.54, 1.807) is 0 Å². The molecule has 94 valence electrons. The number of nitrogens with one attached hydrogen (secondary N) is 2. The zero-order valence-corrected chi connectivity index (χ0v) is 10.6. The molecule has 5 heteroatoms. The van der Waals surface area contributed by atoms with Crippen LogP contribution in [-0.4, -0.2) is 22.4 Å². The number of para-hydroxylation sites is 2. The molecule has 2 rings (SSSR count). The Morgan fingerprint density at radius 3 is 2.94 bits per heavy atom. The number of carbonyl (C=O) groups is 1. The molecule has 0 spiro atoms. The Bertz CT molecular complexity index is 543. The molecule has 0 unspecified atom stereocenters. The minimum absolute atomic E-state index is 0.0581. The van der Waals surface area contributed by atoms with Crippen molar-refractivity contribution in [2.45, 2.75) is 12.8 Å². The number of H-pyrrole nitrogens is 1. The summed E-state index contributed by atoms with van der Waals surface area (Å²) < 4.78 is 0. The minimum Gasteiger partial charge on any atom is -0.351 e. The van der Waals surface area contributed by atoms with Crippen LogP contribution in [0.4, 0.5) is 0 Å². The summed E-state index contributed by atoms with van der Waals surface area (Å²) >= 11 is 5.56. The van der Waals surface area contributed by atoms with Crippen molar-refractivity contribution < 1.29 is 4.79 Å². The van der Waals surface area contributed by atoms with Gasteiger partial charge in [0, 0.05) is 17.9 Å². The maximum atomic E-state index is 11.5. The number of aromatic nitrogens is 2. The van der Waals surface area contributed by atoms with E-state index in [-0.39, 0.29) is 5.91 Å². The average Bonchev–Trinajstić information content (AvgIpc) is 2.76. The second kappa shape index (κ2) is 5.69. The van der Waals surface area contributed by atoms with Gasteiger partial charge in [-0.05, 0) is 12.1 Å². The van der Waals surface area contributed by atoms with Crippen molar-refractivity contribution in [3.05, 3.63) is 41.7 Å². The number of imidazole rings is 1. The van der Waals surface area contributed by atoms with Crippen molar-refractivity contribution >= 4 is 28.5 Å². The van der Waals surface area contributed by atoms with Crippen LogP contribution in [0.1, 0.15) is 12.2 Å². The van der Waals surface area contributed by atoms with Gasteiger partial charge in [-0.1, -0.05) is 30.3 Å². The molecule has 0 fully saturated rings. The zero-order chi connectivity index (χ0) is 13.0. The molecule has 2 N–H and O–H groups in total. The van der Waals surface area contributed by atoms with E-state index < -0.39 is 0 Å². The van der Waals surface area contributed by atoms with Crippen molar-refractivity contribution in [3.8, 4) is 0 Å². The molecule has 0 saturated heterocycles. The molecule has 0 aliphatic rings. The summed E-state index contributed by atoms with van der Waals surface area (Å²) in [4.78, 5) is 19.1. The number of fused-ring (bicyclic) bond motifs is 1. The molecule has 0 aliphatic heterocycles. The highest BCUT2D eigenvalue weighted by Gasteiger charge is 2.05. The molecule has 1 aromatic heterocycles. The van der Waals surface area contributed by atoms with Gasteiger partial charge in [0.15, 0.2) is 0 Å². The van der Waals surface area contributed by atoms with Crippen molar-refractivity contribution in [3.63, 3.8) is 0 Å². The predicted octanol–water partition coefficient (Wildman–Crippen LogP) is 2.36. The Morgan fingerprint density at radius 1 is 1.44 bits per heavy atom. The summed E-state index contributed by atoms with van der Waals surface area (Å²) in [7, 11) is 0. The second-order valence-corrected chi connectivity index (χ2v) is 4.53. The highest BCUT2D eigenvalue weighted by atomic mass is 35.5. The summed E-state index contributed by atoms with van der Waals surface area (Å²) in [5.74, 6) is 0.758. The van der Waals surface area contributed by atoms with Crippen LogP contribution in [0, 0.1) is 0 Å². The molecule has 0 atom stereocenters. The number of halogens is 1. The van der Waals surface area contributed by atoms with Gasteiger partial charge < -0.3 is 10.3 Å². The van der Waals surface area contributed by atoms with Crippen LogP contribution < -0.4 is 5.32 Å². The first-order chi connectivity index (χ1) is 8.65. The first-order valence-electron chi connectivity index (χ1n) is 5.69. The minimum atomic E-state index is -0.0581. The number of hydrogen-bond acceptors (Lipinski definition) is 2. The number of carbonyl (C=O) groups excluding carboxylic acids is 1. The number of aryl methyl sites for hydroxylation is 1. The van der Waals surface area contributed by atoms with E-state index in [4.69, 9.17) is 11.6 Å². The number of amides is 1. The number of aromatic amines is 1. The summed E-state index contributed by atoms with van der Waals surface area (Å²) in [6, 6.07) is 7.78. The van der Waals surface area contributed by atoms with E-state index in [0.717, 1.165) is 16.9 Å². The van der Waals surface area contributed by atoms with Crippen molar-refractivity contribution in [1.82, 2.24) is 15.3 Å². The van der Waals surface area contributed by atoms with E-state index in [1.807, 2.05) is 24.3 Å². The van der Waals surface area contributed by atoms with E-state index in [1.165, 1.54) is 0 Å². The van der Waals surface area contributed by atoms with Crippen molar-refractivity contribution in [2.24, 2.45) is 0 Å². The fourth-order valence-corrected chi connectivity index (χ4v) is 1.71. The highest BCUT2D eigenvalue weighted by Crippen LogP contribution is 2.11. The third-order valence-corrected chi connectivity index (χ3v) is 2.64. The van der Waals surface area contributed by atoms with Gasteiger partial charge in [-0.15, -0.1) is 0 Å². The van der Waals surface area contributed by atoms with Crippen LogP contribution in [0.25, 0.3) is 11.0 Å². The molecule has 18 heavy (non-hydrogen) atoms. The third-order valence-electron chi connectivity index (χ3n) is 2.50. The second-order valence-electron chi connectivity index (χ2n) is 3.99. The van der Waals surface area contributed by atoms with E-state index in [2.05, 4.69) is 21.9 Å². The number of benzene rings is 1. The largest absolute Gasteiger partial charge is 0.351 e. The molecule has 1 amide bonds. The molecule has 1 heterocycles. The number of nitrogens with zero attached hydrogens (tertiary/aromatic N) is 1. The Balaban J connectivity index is 1.90. The third kappa shape index (κ3) is 3.34. The van der Waals surface area contributed by atoms with E-state index in [0.29, 0.717) is 24.4 Å². The van der Waals surface area contributed by atoms with Crippen LogP contribution in [0.2, 0.25) is 0 Å². The monoisotopic (exact) mass is 263 g/mol. The quantitative estimate of drug-likeness (QED) is 0.870. The van der Waals surface area contributed by atoms with Crippen LogP contribution in [0.5, 0.6) is 0 Å². The Hall–Kier alpha value is -1.81. The smallest absolute Gasteiger partial charge is 0.220 e. The van der Waals surface area contributed by atoms with Crippen molar-refractivity contribution in [1.29, 1.82) is 0 Å². The highest BCUT2D eigenvalue weighted by molar-refractivity contribution is 6.29. The van der Waals surface area contributed by atoms with Gasteiger partial charge in [0.2, 0.25) is 5.91 Å². The fourth-order valence-electron chi connectivity index (χ4n) is 1.64. The molecular weight excluding hydrogens is 250 g/mol. The predicted molar refractivity (Wildman–Crippen MR) is 72.4 cm³/mol. The molecule has 0 bridgehead atoms. The van der Waals surface area contributed by atoms with Gasteiger partial charge in [0.25, 0.3) is 0 Å². The van der Waals surface area contributed by atoms with Crippen LogP contribution >= 0.6 is 11.6 Å². The number of rotatable bonds is 5. The Labute approximate surface area is 110 Å². The Kier molecular flexibility index (Phi) is 3.99. The average molecular weight is 264 g/mol. The van der Waals surface area contributed by atoms with E-state index >= 15 is 0 Å². The molecule has 0 saturated carbocycles. The fraction of sp³-hybridized carbons (Fsp3) is 0.231. The summed E-state index contributed by atoms with van der Waals surface area (Å²) in [5, 5.41) is 3.10. The zero-order valence-electron chi connectivity index (χ0n) is 9.87. The lowest BCUT2D eigenvalue weighted by molar-refractivity contribution is -0.120.